The lowest BCUT2D eigenvalue weighted by atomic mass is 9.98. The van der Waals surface area contributed by atoms with Crippen molar-refractivity contribution in [3.05, 3.63) is 34.9 Å². The van der Waals surface area contributed by atoms with Gasteiger partial charge in [-0.05, 0) is 43.5 Å². The Morgan fingerprint density at radius 1 is 1.20 bits per heavy atom. The van der Waals surface area contributed by atoms with Gasteiger partial charge in [0.25, 0.3) is 0 Å². The second-order valence-electron chi connectivity index (χ2n) is 5.70. The maximum Gasteiger partial charge on any atom is 0.0320 e. The summed E-state index contributed by atoms with van der Waals surface area (Å²) in [6, 6.07) is 7.53. The molecule has 1 aliphatic rings. The summed E-state index contributed by atoms with van der Waals surface area (Å²) in [5.74, 6) is 2.61. The molecule has 0 aliphatic carbocycles. The summed E-state index contributed by atoms with van der Waals surface area (Å²) in [5, 5.41) is 5.22. The molecule has 1 fully saturated rings. The number of hydrogen-bond donors (Lipinski definition) is 1. The first-order chi connectivity index (χ1) is 9.61. The van der Waals surface area contributed by atoms with Crippen molar-refractivity contribution in [1.29, 1.82) is 0 Å². The SMILES string of the molecule is CCNC(Cc1ccc(C)c(C)c1)C1SCCSC1C. The number of hydrogen-bond acceptors (Lipinski definition) is 3. The topological polar surface area (TPSA) is 12.0 Å². The van der Waals surface area contributed by atoms with Gasteiger partial charge in [-0.15, -0.1) is 0 Å². The van der Waals surface area contributed by atoms with Crippen molar-refractivity contribution in [2.45, 2.75) is 50.7 Å². The van der Waals surface area contributed by atoms with Gasteiger partial charge in [-0.25, -0.2) is 0 Å². The van der Waals surface area contributed by atoms with Gasteiger partial charge in [-0.3, -0.25) is 0 Å². The second kappa shape index (κ2) is 7.77. The number of rotatable bonds is 5. The van der Waals surface area contributed by atoms with Gasteiger partial charge in [0, 0.05) is 28.0 Å². The molecule has 3 unspecified atom stereocenters. The molecule has 1 N–H and O–H groups in total. The summed E-state index contributed by atoms with van der Waals surface area (Å²) >= 11 is 4.30. The zero-order chi connectivity index (χ0) is 14.5. The van der Waals surface area contributed by atoms with Gasteiger partial charge in [0.1, 0.15) is 0 Å². The highest BCUT2D eigenvalue weighted by atomic mass is 32.2. The normalized spacial score (nSPS) is 24.6. The van der Waals surface area contributed by atoms with Crippen molar-refractivity contribution in [2.75, 3.05) is 18.1 Å². The summed E-state index contributed by atoms with van der Waals surface area (Å²) in [4.78, 5) is 0. The molecule has 0 amide bonds. The van der Waals surface area contributed by atoms with Crippen molar-refractivity contribution in [2.24, 2.45) is 0 Å². The molecule has 0 bridgehead atoms. The fraction of sp³-hybridized carbons (Fsp3) is 0.647. The lowest BCUT2D eigenvalue weighted by Gasteiger charge is -2.35. The molecule has 0 radical (unpaired) electrons. The van der Waals surface area contributed by atoms with Crippen LogP contribution in [0.4, 0.5) is 0 Å². The summed E-state index contributed by atoms with van der Waals surface area (Å²) in [7, 11) is 0. The van der Waals surface area contributed by atoms with Crippen LogP contribution >= 0.6 is 23.5 Å². The molecule has 0 spiro atoms. The lowest BCUT2D eigenvalue weighted by Crippen LogP contribution is -2.45. The van der Waals surface area contributed by atoms with Gasteiger partial charge >= 0.3 is 0 Å². The number of benzene rings is 1. The summed E-state index contributed by atoms with van der Waals surface area (Å²) in [6.45, 7) is 10.1. The van der Waals surface area contributed by atoms with Crippen LogP contribution < -0.4 is 5.32 Å². The van der Waals surface area contributed by atoms with Crippen LogP contribution in [0.25, 0.3) is 0 Å². The summed E-state index contributed by atoms with van der Waals surface area (Å²) < 4.78 is 0. The average Bonchev–Trinajstić information content (AvgIpc) is 2.43. The van der Waals surface area contributed by atoms with Crippen LogP contribution in [-0.2, 0) is 6.42 Å². The van der Waals surface area contributed by atoms with E-state index in [0.717, 1.165) is 23.5 Å². The first kappa shape index (κ1) is 16.3. The Morgan fingerprint density at radius 3 is 2.60 bits per heavy atom. The van der Waals surface area contributed by atoms with Gasteiger partial charge in [-0.1, -0.05) is 32.0 Å². The maximum absolute atomic E-state index is 3.73. The highest BCUT2D eigenvalue weighted by Crippen LogP contribution is 2.34. The Bertz CT molecular complexity index is 433. The Labute approximate surface area is 132 Å². The third kappa shape index (κ3) is 4.19. The molecule has 1 aromatic rings. The fourth-order valence-corrected chi connectivity index (χ4v) is 5.80. The predicted octanol–water partition coefficient (Wildman–Crippen LogP) is 4.06. The molecule has 0 aromatic heterocycles. The molecule has 1 saturated heterocycles. The first-order valence-corrected chi connectivity index (χ1v) is 9.74. The summed E-state index contributed by atoms with van der Waals surface area (Å²) in [6.07, 6.45) is 1.15. The molecule has 112 valence electrons. The highest BCUT2D eigenvalue weighted by molar-refractivity contribution is 8.07. The third-order valence-corrected chi connectivity index (χ3v) is 7.38. The first-order valence-electron chi connectivity index (χ1n) is 7.64. The Kier molecular flexibility index (Phi) is 6.31. The Morgan fingerprint density at radius 2 is 1.95 bits per heavy atom. The van der Waals surface area contributed by atoms with Crippen LogP contribution in [-0.4, -0.2) is 34.6 Å². The van der Waals surface area contributed by atoms with Crippen LogP contribution in [0, 0.1) is 13.8 Å². The van der Waals surface area contributed by atoms with Gasteiger partial charge in [0.15, 0.2) is 0 Å². The van der Waals surface area contributed by atoms with E-state index in [1.54, 1.807) is 0 Å². The third-order valence-electron chi connectivity index (χ3n) is 4.13. The number of likely N-dealkylation sites (N-methyl/N-ethyl adjacent to an activating group) is 1. The molecule has 3 atom stereocenters. The molecule has 2 rings (SSSR count). The van der Waals surface area contributed by atoms with Crippen molar-refractivity contribution >= 4 is 23.5 Å². The van der Waals surface area contributed by atoms with Crippen LogP contribution in [0.1, 0.15) is 30.5 Å². The molecule has 1 aromatic carbocycles. The van der Waals surface area contributed by atoms with E-state index in [4.69, 9.17) is 0 Å². The molecule has 1 aliphatic heterocycles. The Balaban J connectivity index is 2.09. The molecule has 1 heterocycles. The molecule has 1 nitrogen and oxygen atoms in total. The Hall–Kier alpha value is -0.120. The zero-order valence-electron chi connectivity index (χ0n) is 13.1. The predicted molar refractivity (Wildman–Crippen MR) is 95.3 cm³/mol. The van der Waals surface area contributed by atoms with E-state index in [2.05, 4.69) is 74.7 Å². The van der Waals surface area contributed by atoms with Crippen LogP contribution in [0.15, 0.2) is 18.2 Å². The van der Waals surface area contributed by atoms with Crippen LogP contribution in [0.2, 0.25) is 0 Å². The number of nitrogens with one attached hydrogen (secondary N) is 1. The molecule has 20 heavy (non-hydrogen) atoms. The molecule has 0 saturated carbocycles. The minimum Gasteiger partial charge on any atom is -0.313 e. The summed E-state index contributed by atoms with van der Waals surface area (Å²) in [5.41, 5.74) is 4.28. The van der Waals surface area contributed by atoms with E-state index in [0.29, 0.717) is 6.04 Å². The van der Waals surface area contributed by atoms with Crippen molar-refractivity contribution in [1.82, 2.24) is 5.32 Å². The van der Waals surface area contributed by atoms with E-state index < -0.39 is 0 Å². The maximum atomic E-state index is 3.73. The van der Waals surface area contributed by atoms with E-state index >= 15 is 0 Å². The fourth-order valence-electron chi connectivity index (χ4n) is 2.84. The smallest absolute Gasteiger partial charge is 0.0320 e. The van der Waals surface area contributed by atoms with Crippen molar-refractivity contribution in [3.63, 3.8) is 0 Å². The van der Waals surface area contributed by atoms with Gasteiger partial charge in [0.05, 0.1) is 0 Å². The minimum absolute atomic E-state index is 0.593. The highest BCUT2D eigenvalue weighted by Gasteiger charge is 2.29. The number of aryl methyl sites for hydroxylation is 2. The van der Waals surface area contributed by atoms with E-state index in [1.807, 2.05) is 0 Å². The molecular weight excluding hydrogens is 282 g/mol. The van der Waals surface area contributed by atoms with Gasteiger partial charge < -0.3 is 5.32 Å². The van der Waals surface area contributed by atoms with E-state index in [9.17, 15) is 0 Å². The quantitative estimate of drug-likeness (QED) is 0.881. The average molecular weight is 310 g/mol. The second-order valence-corrected chi connectivity index (χ2v) is 8.47. The number of thioether (sulfide) groups is 2. The molecular formula is C17H27NS2. The standard InChI is InChI=1S/C17H27NS2/c1-5-18-16(17-14(4)19-8-9-20-17)11-15-7-6-12(2)13(3)10-15/h6-7,10,14,16-18H,5,8-9,11H2,1-4H3. The monoisotopic (exact) mass is 309 g/mol. The minimum atomic E-state index is 0.593. The van der Waals surface area contributed by atoms with Crippen molar-refractivity contribution < 1.29 is 0 Å². The van der Waals surface area contributed by atoms with Crippen molar-refractivity contribution in [3.8, 4) is 0 Å². The van der Waals surface area contributed by atoms with E-state index in [1.165, 1.54) is 28.2 Å². The van der Waals surface area contributed by atoms with Gasteiger partial charge in [-0.2, -0.15) is 23.5 Å². The van der Waals surface area contributed by atoms with Crippen LogP contribution in [0.3, 0.4) is 0 Å². The van der Waals surface area contributed by atoms with E-state index in [-0.39, 0.29) is 0 Å². The molecule has 3 heteroatoms. The van der Waals surface area contributed by atoms with Crippen LogP contribution in [0.5, 0.6) is 0 Å². The largest absolute Gasteiger partial charge is 0.313 e. The zero-order valence-corrected chi connectivity index (χ0v) is 14.7. The van der Waals surface area contributed by atoms with Gasteiger partial charge in [0.2, 0.25) is 0 Å². The lowest BCUT2D eigenvalue weighted by molar-refractivity contribution is 0.500.